The Morgan fingerprint density at radius 3 is 1.75 bits per heavy atom. The van der Waals surface area contributed by atoms with Crippen molar-refractivity contribution < 1.29 is 31.1 Å². The highest BCUT2D eigenvalue weighted by atomic mass is 19.3. The molecule has 0 aliphatic heterocycles. The Labute approximate surface area is 89.8 Å². The minimum atomic E-state index is -4.35. The second-order valence-electron chi connectivity index (χ2n) is 3.75. The Balaban J connectivity index is 4.69. The predicted molar refractivity (Wildman–Crippen MR) is 45.9 cm³/mol. The number of hydrogen-bond donors (Lipinski definition) is 0. The summed E-state index contributed by atoms with van der Waals surface area (Å²) in [5, 5.41) is 0. The summed E-state index contributed by atoms with van der Waals surface area (Å²) in [5.41, 5.74) is 0. The van der Waals surface area contributed by atoms with Gasteiger partial charge in [-0.2, -0.15) is 17.6 Å². The Hall–Kier alpha value is -0.460. The van der Waals surface area contributed by atoms with Crippen molar-refractivity contribution in [2.45, 2.75) is 39.2 Å². The molecule has 3 atom stereocenters. The van der Waals surface area contributed by atoms with Gasteiger partial charge in [-0.25, -0.2) is 4.39 Å². The van der Waals surface area contributed by atoms with Gasteiger partial charge in [0.05, 0.1) is 11.8 Å². The van der Waals surface area contributed by atoms with Crippen molar-refractivity contribution in [1.82, 2.24) is 0 Å². The van der Waals surface area contributed by atoms with Gasteiger partial charge in [0.15, 0.2) is 0 Å². The fourth-order valence-electron chi connectivity index (χ4n) is 0.732. The SMILES string of the molecule is CC(F)C(C)C(F)(F)OC(F)(F)C(C)CF. The van der Waals surface area contributed by atoms with Crippen molar-refractivity contribution in [3.63, 3.8) is 0 Å². The summed E-state index contributed by atoms with van der Waals surface area (Å²) in [6.45, 7) is 0.752. The molecular weight excluding hydrogens is 238 g/mol. The molecule has 0 aliphatic rings. The highest BCUT2D eigenvalue weighted by Gasteiger charge is 2.52. The summed E-state index contributed by atoms with van der Waals surface area (Å²) < 4.78 is 79.5. The van der Waals surface area contributed by atoms with E-state index in [9.17, 15) is 26.3 Å². The van der Waals surface area contributed by atoms with Gasteiger partial charge in [0.1, 0.15) is 12.8 Å². The molecule has 1 nitrogen and oxygen atoms in total. The van der Waals surface area contributed by atoms with Gasteiger partial charge >= 0.3 is 12.2 Å². The Kier molecular flexibility index (Phi) is 5.10. The average Bonchev–Trinajstić information content (AvgIpc) is 2.13. The van der Waals surface area contributed by atoms with Gasteiger partial charge in [0.25, 0.3) is 0 Å². The lowest BCUT2D eigenvalue weighted by atomic mass is 10.1. The molecule has 0 aromatic rings. The van der Waals surface area contributed by atoms with Crippen LogP contribution in [0.25, 0.3) is 0 Å². The molecular formula is C9H14F6O. The Morgan fingerprint density at radius 1 is 1.00 bits per heavy atom. The fraction of sp³-hybridized carbons (Fsp3) is 1.00. The second-order valence-corrected chi connectivity index (χ2v) is 3.75. The molecule has 0 saturated carbocycles. The summed E-state index contributed by atoms with van der Waals surface area (Å²) in [6.07, 6.45) is -10.7. The van der Waals surface area contributed by atoms with E-state index in [0.717, 1.165) is 20.8 Å². The Bertz CT molecular complexity index is 218. The van der Waals surface area contributed by atoms with E-state index in [1.807, 2.05) is 0 Å². The van der Waals surface area contributed by atoms with E-state index in [0.29, 0.717) is 0 Å². The van der Waals surface area contributed by atoms with Gasteiger partial charge in [0.2, 0.25) is 0 Å². The monoisotopic (exact) mass is 252 g/mol. The largest absolute Gasteiger partial charge is 0.365 e. The lowest BCUT2D eigenvalue weighted by Gasteiger charge is -2.30. The first-order valence-corrected chi connectivity index (χ1v) is 4.70. The molecule has 0 aromatic carbocycles. The summed E-state index contributed by atoms with van der Waals surface area (Å²) in [6, 6.07) is 0. The topological polar surface area (TPSA) is 9.23 Å². The van der Waals surface area contributed by atoms with E-state index in [-0.39, 0.29) is 0 Å². The van der Waals surface area contributed by atoms with Crippen LogP contribution in [0, 0.1) is 11.8 Å². The first kappa shape index (κ1) is 15.5. The third-order valence-corrected chi connectivity index (χ3v) is 2.30. The van der Waals surface area contributed by atoms with Crippen LogP contribution in [0.3, 0.4) is 0 Å². The Morgan fingerprint density at radius 2 is 1.44 bits per heavy atom. The van der Waals surface area contributed by atoms with Crippen molar-refractivity contribution in [1.29, 1.82) is 0 Å². The fourth-order valence-corrected chi connectivity index (χ4v) is 0.732. The van der Waals surface area contributed by atoms with Gasteiger partial charge < -0.3 is 0 Å². The van der Waals surface area contributed by atoms with Gasteiger partial charge in [-0.05, 0) is 6.92 Å². The molecule has 7 heteroatoms. The van der Waals surface area contributed by atoms with Crippen molar-refractivity contribution >= 4 is 0 Å². The number of rotatable bonds is 6. The second kappa shape index (κ2) is 5.25. The summed E-state index contributed by atoms with van der Waals surface area (Å²) in [4.78, 5) is 0. The molecule has 0 fully saturated rings. The molecule has 98 valence electrons. The van der Waals surface area contributed by atoms with E-state index < -0.39 is 36.9 Å². The molecule has 0 spiro atoms. The molecule has 0 aromatic heterocycles. The first-order chi connectivity index (χ1) is 7.04. The average molecular weight is 252 g/mol. The third kappa shape index (κ3) is 3.84. The van der Waals surface area contributed by atoms with Crippen molar-refractivity contribution in [2.24, 2.45) is 11.8 Å². The van der Waals surface area contributed by atoms with E-state index in [4.69, 9.17) is 0 Å². The van der Waals surface area contributed by atoms with Gasteiger partial charge in [0, 0.05) is 0 Å². The standard InChI is InChI=1S/C9H14F6O/c1-5(4-10)8(12,13)16-9(14,15)6(2)7(3)11/h5-7H,4H2,1-3H3. The number of hydrogen-bond acceptors (Lipinski definition) is 1. The van der Waals surface area contributed by atoms with Crippen LogP contribution < -0.4 is 0 Å². The summed E-state index contributed by atoms with van der Waals surface area (Å²) in [7, 11) is 0. The normalized spacial score (nSPS) is 19.3. The maximum Gasteiger partial charge on any atom is 0.365 e. The molecule has 3 unspecified atom stereocenters. The van der Waals surface area contributed by atoms with Crippen LogP contribution in [0.15, 0.2) is 0 Å². The van der Waals surface area contributed by atoms with Crippen LogP contribution in [0.1, 0.15) is 20.8 Å². The smallest absolute Gasteiger partial charge is 0.255 e. The lowest BCUT2D eigenvalue weighted by molar-refractivity contribution is -0.407. The minimum Gasteiger partial charge on any atom is -0.255 e. The van der Waals surface area contributed by atoms with Crippen LogP contribution in [-0.4, -0.2) is 25.1 Å². The zero-order chi connectivity index (χ0) is 13.1. The highest BCUT2D eigenvalue weighted by Crippen LogP contribution is 2.38. The summed E-state index contributed by atoms with van der Waals surface area (Å²) >= 11 is 0. The van der Waals surface area contributed by atoms with Gasteiger partial charge in [-0.15, -0.1) is 0 Å². The van der Waals surface area contributed by atoms with E-state index in [1.54, 1.807) is 0 Å². The number of halogens is 6. The minimum absolute atomic E-state index is 0.722. The predicted octanol–water partition coefficient (Wildman–Crippen LogP) is 3.79. The van der Waals surface area contributed by atoms with E-state index in [1.165, 1.54) is 0 Å². The number of alkyl halides is 6. The van der Waals surface area contributed by atoms with Crippen LogP contribution in [0.2, 0.25) is 0 Å². The molecule has 0 heterocycles. The molecule has 0 saturated heterocycles. The highest BCUT2D eigenvalue weighted by molar-refractivity contribution is 4.73. The van der Waals surface area contributed by atoms with Crippen molar-refractivity contribution in [3.8, 4) is 0 Å². The molecule has 0 rings (SSSR count). The van der Waals surface area contributed by atoms with Gasteiger partial charge in [-0.3, -0.25) is 9.13 Å². The van der Waals surface area contributed by atoms with Gasteiger partial charge in [-0.1, -0.05) is 13.8 Å². The van der Waals surface area contributed by atoms with Crippen LogP contribution in [0.4, 0.5) is 26.3 Å². The van der Waals surface area contributed by atoms with Crippen LogP contribution >= 0.6 is 0 Å². The molecule has 0 radical (unpaired) electrons. The molecule has 0 amide bonds. The quantitative estimate of drug-likeness (QED) is 0.653. The lowest BCUT2D eigenvalue weighted by Crippen LogP contribution is -2.44. The van der Waals surface area contributed by atoms with Crippen LogP contribution in [0.5, 0.6) is 0 Å². The maximum absolute atomic E-state index is 13.0. The zero-order valence-electron chi connectivity index (χ0n) is 9.12. The first-order valence-electron chi connectivity index (χ1n) is 4.70. The van der Waals surface area contributed by atoms with Crippen molar-refractivity contribution in [3.05, 3.63) is 0 Å². The number of ether oxygens (including phenoxy) is 1. The molecule has 16 heavy (non-hydrogen) atoms. The van der Waals surface area contributed by atoms with Crippen molar-refractivity contribution in [2.75, 3.05) is 6.67 Å². The van der Waals surface area contributed by atoms with E-state index >= 15 is 0 Å². The summed E-state index contributed by atoms with van der Waals surface area (Å²) in [5.74, 6) is -4.05. The molecule has 0 aliphatic carbocycles. The molecule has 0 bridgehead atoms. The van der Waals surface area contributed by atoms with Crippen LogP contribution in [-0.2, 0) is 4.74 Å². The molecule has 0 N–H and O–H groups in total. The van der Waals surface area contributed by atoms with E-state index in [2.05, 4.69) is 4.74 Å². The zero-order valence-corrected chi connectivity index (χ0v) is 9.12. The maximum atomic E-state index is 13.0. The third-order valence-electron chi connectivity index (χ3n) is 2.30.